The fraction of sp³-hybridized carbons (Fsp3) is 0.920. The lowest BCUT2D eigenvalue weighted by Gasteiger charge is -2.35. The van der Waals surface area contributed by atoms with Gasteiger partial charge in [0.25, 0.3) is 0 Å². The number of hydrogen-bond acceptors (Lipinski definition) is 6. The van der Waals surface area contributed by atoms with E-state index in [1.807, 2.05) is 46.4 Å². The van der Waals surface area contributed by atoms with E-state index >= 15 is 0 Å². The van der Waals surface area contributed by atoms with Gasteiger partial charge in [0.1, 0.15) is 11.2 Å². The minimum Gasteiger partial charge on any atom is -0.444 e. The molecule has 0 aromatic carbocycles. The molecule has 2 heterocycles. The number of rotatable bonds is 2. The minimum atomic E-state index is -0.418. The maximum atomic E-state index is 12.1. The van der Waals surface area contributed by atoms with Gasteiger partial charge in [0.05, 0.1) is 0 Å². The zero-order valence-electron chi connectivity index (χ0n) is 21.8. The smallest absolute Gasteiger partial charge is 0.410 e. The van der Waals surface area contributed by atoms with Crippen molar-refractivity contribution in [3.63, 3.8) is 0 Å². The maximum absolute atomic E-state index is 12.1. The first-order valence-corrected chi connectivity index (χ1v) is 12.8. The van der Waals surface area contributed by atoms with E-state index in [0.29, 0.717) is 18.6 Å². The molecule has 33 heavy (non-hydrogen) atoms. The first kappa shape index (κ1) is 27.7. The monoisotopic (exact) mass is 468 g/mol. The number of amides is 2. The SMILES string of the molecule is CC(C)(C)OC(=O)N1CCC[C@H](N)C1.CC(C)(C)OC(=O)N1CCC[C@H](NC2CCCC2)C1. The molecule has 3 N–H and O–H groups in total. The fourth-order valence-electron chi connectivity index (χ4n) is 4.53. The number of nitrogens with two attached hydrogens (primary N) is 1. The van der Waals surface area contributed by atoms with E-state index in [4.69, 9.17) is 15.2 Å². The van der Waals surface area contributed by atoms with Gasteiger partial charge in [-0.3, -0.25) is 0 Å². The van der Waals surface area contributed by atoms with Gasteiger partial charge in [-0.2, -0.15) is 0 Å². The van der Waals surface area contributed by atoms with Gasteiger partial charge in [0.15, 0.2) is 0 Å². The summed E-state index contributed by atoms with van der Waals surface area (Å²) < 4.78 is 10.7. The van der Waals surface area contributed by atoms with Crippen molar-refractivity contribution in [2.45, 2.75) is 122 Å². The van der Waals surface area contributed by atoms with Gasteiger partial charge in [-0.15, -0.1) is 0 Å². The lowest BCUT2D eigenvalue weighted by atomic mass is 10.0. The van der Waals surface area contributed by atoms with E-state index in [0.717, 1.165) is 38.9 Å². The second kappa shape index (κ2) is 12.2. The fourth-order valence-corrected chi connectivity index (χ4v) is 4.53. The summed E-state index contributed by atoms with van der Waals surface area (Å²) in [5.74, 6) is 0. The van der Waals surface area contributed by atoms with Crippen molar-refractivity contribution in [2.24, 2.45) is 5.73 Å². The molecule has 0 spiro atoms. The Kier molecular flexibility index (Phi) is 10.3. The summed E-state index contributed by atoms with van der Waals surface area (Å²) in [6, 6.07) is 1.23. The second-order valence-corrected chi connectivity index (χ2v) is 11.7. The summed E-state index contributed by atoms with van der Waals surface area (Å²) in [6.07, 6.45) is 9.10. The Balaban J connectivity index is 0.000000245. The van der Waals surface area contributed by atoms with Gasteiger partial charge in [-0.25, -0.2) is 9.59 Å². The van der Waals surface area contributed by atoms with Gasteiger partial charge in [-0.1, -0.05) is 12.8 Å². The summed E-state index contributed by atoms with van der Waals surface area (Å²) in [5, 5.41) is 3.72. The van der Waals surface area contributed by atoms with Crippen LogP contribution in [0.15, 0.2) is 0 Å². The van der Waals surface area contributed by atoms with Crippen LogP contribution in [0.5, 0.6) is 0 Å². The molecule has 192 valence electrons. The molecule has 0 bridgehead atoms. The van der Waals surface area contributed by atoms with Gasteiger partial charge >= 0.3 is 12.2 Å². The number of hydrogen-bond donors (Lipinski definition) is 2. The Morgan fingerprint density at radius 2 is 1.18 bits per heavy atom. The third kappa shape index (κ3) is 11.0. The largest absolute Gasteiger partial charge is 0.444 e. The minimum absolute atomic E-state index is 0.108. The molecular weight excluding hydrogens is 420 g/mol. The van der Waals surface area contributed by atoms with Crippen LogP contribution >= 0.6 is 0 Å². The van der Waals surface area contributed by atoms with E-state index in [2.05, 4.69) is 5.32 Å². The molecule has 0 aromatic heterocycles. The van der Waals surface area contributed by atoms with Crippen molar-refractivity contribution < 1.29 is 19.1 Å². The summed E-state index contributed by atoms with van der Waals surface area (Å²) in [6.45, 7) is 14.4. The van der Waals surface area contributed by atoms with Crippen LogP contribution in [0.1, 0.15) is 92.9 Å². The van der Waals surface area contributed by atoms with E-state index in [-0.39, 0.29) is 18.2 Å². The molecule has 2 saturated heterocycles. The van der Waals surface area contributed by atoms with Gasteiger partial charge < -0.3 is 30.3 Å². The van der Waals surface area contributed by atoms with Crippen LogP contribution in [0.25, 0.3) is 0 Å². The molecule has 0 aromatic rings. The Morgan fingerprint density at radius 3 is 1.67 bits per heavy atom. The number of ether oxygens (including phenoxy) is 2. The predicted molar refractivity (Wildman–Crippen MR) is 131 cm³/mol. The average molecular weight is 469 g/mol. The molecule has 1 aliphatic carbocycles. The maximum Gasteiger partial charge on any atom is 0.410 e. The highest BCUT2D eigenvalue weighted by atomic mass is 16.6. The number of nitrogens with zero attached hydrogens (tertiary/aromatic N) is 2. The topological polar surface area (TPSA) is 97.1 Å². The highest BCUT2D eigenvalue weighted by Crippen LogP contribution is 2.21. The highest BCUT2D eigenvalue weighted by Gasteiger charge is 2.29. The average Bonchev–Trinajstić information content (AvgIpc) is 3.19. The molecule has 3 aliphatic rings. The van der Waals surface area contributed by atoms with Crippen molar-refractivity contribution in [1.82, 2.24) is 15.1 Å². The molecule has 8 nitrogen and oxygen atoms in total. The van der Waals surface area contributed by atoms with Crippen LogP contribution in [-0.2, 0) is 9.47 Å². The summed E-state index contributed by atoms with van der Waals surface area (Å²) in [7, 11) is 0. The van der Waals surface area contributed by atoms with Gasteiger partial charge in [0.2, 0.25) is 0 Å². The number of carbonyl (C=O) groups excluding carboxylic acids is 2. The van der Waals surface area contributed by atoms with Crippen molar-refractivity contribution in [3.05, 3.63) is 0 Å². The Hall–Kier alpha value is -1.54. The van der Waals surface area contributed by atoms with E-state index in [9.17, 15) is 9.59 Å². The Morgan fingerprint density at radius 1 is 0.727 bits per heavy atom. The van der Waals surface area contributed by atoms with E-state index < -0.39 is 11.2 Å². The zero-order chi connectivity index (χ0) is 24.6. The third-order valence-electron chi connectivity index (χ3n) is 6.01. The molecule has 2 aliphatic heterocycles. The third-order valence-corrected chi connectivity index (χ3v) is 6.01. The molecule has 1 saturated carbocycles. The Labute approximate surface area is 200 Å². The summed E-state index contributed by atoms with van der Waals surface area (Å²) in [5.41, 5.74) is 4.96. The molecular formula is C25H48N4O4. The number of nitrogens with one attached hydrogen (secondary N) is 1. The molecule has 0 radical (unpaired) electrons. The Bertz CT molecular complexity index is 623. The normalized spacial score (nSPS) is 24.7. The van der Waals surface area contributed by atoms with Crippen molar-refractivity contribution in [1.29, 1.82) is 0 Å². The zero-order valence-corrected chi connectivity index (χ0v) is 21.8. The number of likely N-dealkylation sites (tertiary alicyclic amines) is 2. The first-order valence-electron chi connectivity index (χ1n) is 12.8. The van der Waals surface area contributed by atoms with Crippen LogP contribution in [0.4, 0.5) is 9.59 Å². The van der Waals surface area contributed by atoms with Gasteiger partial charge in [-0.05, 0) is 80.1 Å². The molecule has 0 unspecified atom stereocenters. The lowest BCUT2D eigenvalue weighted by molar-refractivity contribution is 0.0179. The quantitative estimate of drug-likeness (QED) is 0.628. The van der Waals surface area contributed by atoms with Crippen molar-refractivity contribution >= 4 is 12.2 Å². The van der Waals surface area contributed by atoms with Crippen LogP contribution < -0.4 is 11.1 Å². The van der Waals surface area contributed by atoms with Crippen LogP contribution in [0.3, 0.4) is 0 Å². The first-order chi connectivity index (χ1) is 15.3. The second-order valence-electron chi connectivity index (χ2n) is 11.7. The predicted octanol–water partition coefficient (Wildman–Crippen LogP) is 4.26. The van der Waals surface area contributed by atoms with Crippen LogP contribution in [0, 0.1) is 0 Å². The van der Waals surface area contributed by atoms with Crippen molar-refractivity contribution in [2.75, 3.05) is 26.2 Å². The van der Waals surface area contributed by atoms with Crippen LogP contribution in [-0.4, -0.2) is 77.5 Å². The summed E-state index contributed by atoms with van der Waals surface area (Å²) >= 11 is 0. The standard InChI is InChI=1S/C15H28N2O2.C10H20N2O2/c1-15(2,3)19-14(18)17-10-6-9-13(11-17)16-12-7-4-5-8-12;1-10(2,3)14-9(13)12-6-4-5-8(11)7-12/h12-13,16H,4-11H2,1-3H3;8H,4-7,11H2,1-3H3/t13-;8-/m00/s1. The van der Waals surface area contributed by atoms with Crippen LogP contribution in [0.2, 0.25) is 0 Å². The highest BCUT2D eigenvalue weighted by molar-refractivity contribution is 5.68. The number of carbonyl (C=O) groups is 2. The van der Waals surface area contributed by atoms with Gasteiger partial charge in [0, 0.05) is 44.3 Å². The molecule has 2 atom stereocenters. The molecule has 3 fully saturated rings. The molecule has 3 rings (SSSR count). The molecule has 2 amide bonds. The molecule has 8 heteroatoms. The summed E-state index contributed by atoms with van der Waals surface area (Å²) in [4.78, 5) is 27.2. The van der Waals surface area contributed by atoms with E-state index in [1.54, 1.807) is 4.90 Å². The lowest BCUT2D eigenvalue weighted by Crippen LogP contribution is -2.51. The van der Waals surface area contributed by atoms with E-state index in [1.165, 1.54) is 32.1 Å². The number of piperidine rings is 2. The van der Waals surface area contributed by atoms with Crippen molar-refractivity contribution in [3.8, 4) is 0 Å².